The summed E-state index contributed by atoms with van der Waals surface area (Å²) in [4.78, 5) is 18.0. The van der Waals surface area contributed by atoms with Gasteiger partial charge in [-0.15, -0.1) is 0 Å². The molecule has 1 unspecified atom stereocenters. The van der Waals surface area contributed by atoms with Gasteiger partial charge in [-0.25, -0.2) is 0 Å². The van der Waals surface area contributed by atoms with Crippen LogP contribution in [0.3, 0.4) is 0 Å². The number of ether oxygens (including phenoxy) is 5. The van der Waals surface area contributed by atoms with Crippen molar-refractivity contribution in [2.45, 2.75) is 50.1 Å². The summed E-state index contributed by atoms with van der Waals surface area (Å²) in [5, 5.41) is 8.97. The topological polar surface area (TPSA) is 124 Å². The van der Waals surface area contributed by atoms with E-state index in [1.165, 1.54) is 7.11 Å². The van der Waals surface area contributed by atoms with Crippen LogP contribution in [-0.2, 0) is 28.2 Å². The first-order chi connectivity index (χ1) is 9.68. The minimum absolute atomic E-state index is 0.156. The van der Waals surface area contributed by atoms with Crippen LogP contribution in [0, 0.1) is 0 Å². The van der Waals surface area contributed by atoms with Gasteiger partial charge in [-0.2, -0.15) is 0 Å². The molecule has 10 heteroatoms. The molecule has 0 aliphatic carbocycles. The quantitative estimate of drug-likeness (QED) is 0.548. The summed E-state index contributed by atoms with van der Waals surface area (Å²) in [6.45, 7) is 2.56. The van der Waals surface area contributed by atoms with Crippen LogP contribution in [0.25, 0.3) is 0 Å². The van der Waals surface area contributed by atoms with Gasteiger partial charge in [0.15, 0.2) is 17.9 Å². The SMILES string of the molecule is CO[C@@H]1O[C@H](COC(CO)P(=O)(O)O)[C@H]2OC(C)(C)O[C@@H]12. The first-order valence-corrected chi connectivity index (χ1v) is 8.17. The van der Waals surface area contributed by atoms with Gasteiger partial charge in [-0.1, -0.05) is 0 Å². The maximum Gasteiger partial charge on any atom is 0.356 e. The molecule has 0 aromatic rings. The van der Waals surface area contributed by atoms with Gasteiger partial charge in [-0.3, -0.25) is 4.57 Å². The largest absolute Gasteiger partial charge is 0.393 e. The third-order valence-corrected chi connectivity index (χ3v) is 4.39. The van der Waals surface area contributed by atoms with Crippen LogP contribution in [0.5, 0.6) is 0 Å². The smallest absolute Gasteiger partial charge is 0.356 e. The zero-order valence-electron chi connectivity index (χ0n) is 12.0. The van der Waals surface area contributed by atoms with E-state index in [9.17, 15) is 4.57 Å². The fraction of sp³-hybridized carbons (Fsp3) is 1.00. The molecule has 0 saturated carbocycles. The highest BCUT2D eigenvalue weighted by atomic mass is 31.2. The molecule has 0 bridgehead atoms. The number of aliphatic hydroxyl groups is 1. The number of aliphatic hydroxyl groups excluding tert-OH is 1. The van der Waals surface area contributed by atoms with Gasteiger partial charge < -0.3 is 38.6 Å². The predicted octanol–water partition coefficient (Wildman–Crippen LogP) is -0.610. The average Bonchev–Trinajstić information content (AvgIpc) is 2.82. The third kappa shape index (κ3) is 3.82. The van der Waals surface area contributed by atoms with Gasteiger partial charge in [0.25, 0.3) is 0 Å². The predicted molar refractivity (Wildman–Crippen MR) is 68.4 cm³/mol. The van der Waals surface area contributed by atoms with Crippen LogP contribution in [0.15, 0.2) is 0 Å². The van der Waals surface area contributed by atoms with Crippen LogP contribution in [0.2, 0.25) is 0 Å². The molecular formula is C11H21O9P. The van der Waals surface area contributed by atoms with Gasteiger partial charge in [0.05, 0.1) is 13.2 Å². The molecule has 2 rings (SSSR count). The van der Waals surface area contributed by atoms with Crippen molar-refractivity contribution in [2.24, 2.45) is 0 Å². The molecule has 2 aliphatic heterocycles. The lowest BCUT2D eigenvalue weighted by molar-refractivity contribution is -0.232. The van der Waals surface area contributed by atoms with Crippen molar-refractivity contribution in [3.8, 4) is 0 Å². The highest BCUT2D eigenvalue weighted by Crippen LogP contribution is 2.43. The second-order valence-corrected chi connectivity index (χ2v) is 7.16. The molecule has 124 valence electrons. The number of hydrogen-bond acceptors (Lipinski definition) is 7. The van der Waals surface area contributed by atoms with Gasteiger partial charge in [0, 0.05) is 7.11 Å². The maximum atomic E-state index is 11.1. The zero-order chi connectivity index (χ0) is 15.8. The van der Waals surface area contributed by atoms with Crippen molar-refractivity contribution in [1.29, 1.82) is 0 Å². The summed E-state index contributed by atoms with van der Waals surface area (Å²) >= 11 is 0. The Labute approximate surface area is 122 Å². The maximum absolute atomic E-state index is 11.1. The summed E-state index contributed by atoms with van der Waals surface area (Å²) < 4.78 is 38.3. The lowest BCUT2D eigenvalue weighted by Crippen LogP contribution is -2.35. The first-order valence-electron chi connectivity index (χ1n) is 6.49. The number of rotatable bonds is 6. The van der Waals surface area contributed by atoms with E-state index in [2.05, 4.69) is 0 Å². The molecule has 9 nitrogen and oxygen atoms in total. The van der Waals surface area contributed by atoms with Crippen LogP contribution < -0.4 is 0 Å². The Hall–Kier alpha value is -0.0900. The van der Waals surface area contributed by atoms with Crippen LogP contribution in [0.1, 0.15) is 13.8 Å². The summed E-state index contributed by atoms with van der Waals surface area (Å²) in [5.74, 6) is -2.38. The Morgan fingerprint density at radius 1 is 1.29 bits per heavy atom. The molecule has 0 aromatic heterocycles. The number of fused-ring (bicyclic) bond motifs is 1. The Morgan fingerprint density at radius 2 is 1.90 bits per heavy atom. The first kappa shape index (κ1) is 17.3. The Kier molecular flexibility index (Phi) is 5.09. The molecule has 2 heterocycles. The highest BCUT2D eigenvalue weighted by Gasteiger charge is 2.55. The van der Waals surface area contributed by atoms with Crippen LogP contribution in [-0.4, -0.2) is 71.5 Å². The fourth-order valence-corrected chi connectivity index (χ4v) is 2.92. The van der Waals surface area contributed by atoms with E-state index in [0.717, 1.165) is 0 Å². The Balaban J connectivity index is 1.99. The van der Waals surface area contributed by atoms with E-state index >= 15 is 0 Å². The summed E-state index contributed by atoms with van der Waals surface area (Å²) in [6.07, 6.45) is -2.17. The van der Waals surface area contributed by atoms with Crippen molar-refractivity contribution in [3.63, 3.8) is 0 Å². The van der Waals surface area contributed by atoms with Crippen LogP contribution >= 0.6 is 7.60 Å². The van der Waals surface area contributed by atoms with Gasteiger partial charge in [0.1, 0.15) is 18.3 Å². The molecule has 2 saturated heterocycles. The fourth-order valence-electron chi connectivity index (χ4n) is 2.43. The van der Waals surface area contributed by atoms with Crippen molar-refractivity contribution < 1.29 is 43.1 Å². The van der Waals surface area contributed by atoms with Gasteiger partial charge >= 0.3 is 7.60 Å². The van der Waals surface area contributed by atoms with E-state index in [1.54, 1.807) is 13.8 Å². The summed E-state index contributed by atoms with van der Waals surface area (Å²) in [5.41, 5.74) is 0. The minimum Gasteiger partial charge on any atom is -0.393 e. The van der Waals surface area contributed by atoms with E-state index in [0.29, 0.717) is 0 Å². The normalized spacial score (nSPS) is 36.7. The summed E-state index contributed by atoms with van der Waals surface area (Å²) in [6, 6.07) is 0. The highest BCUT2D eigenvalue weighted by molar-refractivity contribution is 7.52. The molecular weight excluding hydrogens is 307 g/mol. The summed E-state index contributed by atoms with van der Waals surface area (Å²) in [7, 11) is -3.08. The van der Waals surface area contributed by atoms with Crippen molar-refractivity contribution in [3.05, 3.63) is 0 Å². The van der Waals surface area contributed by atoms with Gasteiger partial charge in [0.2, 0.25) is 0 Å². The molecule has 0 radical (unpaired) electrons. The van der Waals surface area contributed by atoms with E-state index < -0.39 is 50.4 Å². The molecule has 5 atom stereocenters. The van der Waals surface area contributed by atoms with Crippen LogP contribution in [0.4, 0.5) is 0 Å². The van der Waals surface area contributed by atoms with E-state index in [4.69, 9.17) is 38.6 Å². The third-order valence-electron chi connectivity index (χ3n) is 3.32. The molecule has 2 fully saturated rings. The number of methoxy groups -OCH3 is 1. The molecule has 0 amide bonds. The molecule has 0 spiro atoms. The van der Waals surface area contributed by atoms with Crippen molar-refractivity contribution >= 4 is 7.60 Å². The zero-order valence-corrected chi connectivity index (χ0v) is 12.9. The lowest BCUT2D eigenvalue weighted by Gasteiger charge is -2.24. The van der Waals surface area contributed by atoms with Crippen molar-refractivity contribution in [1.82, 2.24) is 0 Å². The lowest BCUT2D eigenvalue weighted by atomic mass is 10.1. The standard InChI is InChI=1S/C11H21O9P/c1-11(2)19-8-6(18-10(16-3)9(8)20-11)5-17-7(4-12)21(13,14)15/h6-10,12H,4-5H2,1-3H3,(H2,13,14,15)/t6-,7?,8-,9-,10-/m1/s1. The molecule has 0 aromatic carbocycles. The molecule has 21 heavy (non-hydrogen) atoms. The van der Waals surface area contributed by atoms with Gasteiger partial charge in [-0.05, 0) is 13.8 Å². The van der Waals surface area contributed by atoms with E-state index in [1.807, 2.05) is 0 Å². The Morgan fingerprint density at radius 3 is 2.43 bits per heavy atom. The monoisotopic (exact) mass is 328 g/mol. The van der Waals surface area contributed by atoms with E-state index in [-0.39, 0.29) is 6.61 Å². The molecule has 3 N–H and O–H groups in total. The second kappa shape index (κ2) is 6.19. The number of hydrogen-bond donors (Lipinski definition) is 3. The second-order valence-electron chi connectivity index (χ2n) is 5.40. The minimum atomic E-state index is -4.54. The van der Waals surface area contributed by atoms with Crippen molar-refractivity contribution in [2.75, 3.05) is 20.3 Å². The Bertz CT molecular complexity index is 408. The molecule has 2 aliphatic rings. The average molecular weight is 328 g/mol.